The van der Waals surface area contributed by atoms with Gasteiger partial charge in [0.15, 0.2) is 0 Å². The van der Waals surface area contributed by atoms with Gasteiger partial charge in [0.1, 0.15) is 0 Å². The monoisotopic (exact) mass is 365 g/mol. The second-order valence-corrected chi connectivity index (χ2v) is 5.10. The van der Waals surface area contributed by atoms with E-state index in [1.54, 1.807) is 6.07 Å². The van der Waals surface area contributed by atoms with Crippen molar-refractivity contribution in [2.75, 3.05) is 25.0 Å². The molecule has 0 aliphatic heterocycles. The lowest BCUT2D eigenvalue weighted by atomic mass is 10.2. The van der Waals surface area contributed by atoms with Crippen LogP contribution in [-0.2, 0) is 0 Å². The number of nitro groups is 1. The van der Waals surface area contributed by atoms with Gasteiger partial charge in [-0.1, -0.05) is 41.6 Å². The third kappa shape index (κ3) is 6.47. The predicted octanol–water partition coefficient (Wildman–Crippen LogP) is 3.72. The van der Waals surface area contributed by atoms with E-state index < -0.39 is 4.92 Å². The van der Waals surface area contributed by atoms with Crippen LogP contribution in [0.1, 0.15) is 5.56 Å². The minimum absolute atomic E-state index is 0. The molecule has 0 radical (unpaired) electrons. The largest absolute Gasteiger partial charge is 0.383 e. The number of rotatable bonds is 6. The normalized spacial score (nSPS) is 9.38. The van der Waals surface area contributed by atoms with E-state index in [2.05, 4.69) is 22.5 Å². The van der Waals surface area contributed by atoms with Crippen molar-refractivity contribution in [2.45, 2.75) is 0 Å². The molecule has 126 valence electrons. The molecular weight excluding hydrogens is 349 g/mol. The molecule has 0 aromatic heterocycles. The number of hydrogen-bond donors (Lipinski definition) is 2. The number of halogens is 2. The number of non-ortho nitro benzene ring substituents is 1. The van der Waals surface area contributed by atoms with E-state index in [9.17, 15) is 10.1 Å². The highest BCUT2D eigenvalue weighted by atomic mass is 35.5. The number of nitro benzene ring substituents is 1. The van der Waals surface area contributed by atoms with Crippen molar-refractivity contribution >= 4 is 35.4 Å². The Kier molecular flexibility index (Phi) is 8.66. The molecule has 2 aromatic rings. The van der Waals surface area contributed by atoms with Crippen molar-refractivity contribution in [3.05, 3.63) is 69.2 Å². The SMILES string of the molecule is Cl.O=[N+]([O-])c1ccc(NCCNCC#Cc2ccccc2)c(Cl)c1. The van der Waals surface area contributed by atoms with E-state index in [0.717, 1.165) is 5.56 Å². The Morgan fingerprint density at radius 3 is 2.54 bits per heavy atom. The Balaban J connectivity index is 0.00000288. The maximum absolute atomic E-state index is 10.6. The van der Waals surface area contributed by atoms with Gasteiger partial charge in [0, 0.05) is 30.8 Å². The fraction of sp³-hybridized carbons (Fsp3) is 0.176. The second kappa shape index (κ2) is 10.5. The maximum Gasteiger partial charge on any atom is 0.271 e. The fourth-order valence-corrected chi connectivity index (χ4v) is 2.11. The van der Waals surface area contributed by atoms with Gasteiger partial charge in [-0.15, -0.1) is 12.4 Å². The highest BCUT2D eigenvalue weighted by molar-refractivity contribution is 6.33. The van der Waals surface area contributed by atoms with E-state index in [-0.39, 0.29) is 18.1 Å². The lowest BCUT2D eigenvalue weighted by Gasteiger charge is -2.08. The number of nitrogens with one attached hydrogen (secondary N) is 2. The van der Waals surface area contributed by atoms with E-state index in [1.807, 2.05) is 30.3 Å². The standard InChI is InChI=1S/C17H16ClN3O2.ClH/c18-16-13-15(21(22)23)8-9-17(16)20-12-11-19-10-4-7-14-5-2-1-3-6-14;/h1-3,5-6,8-9,13,19-20H,10-12H2;1H. The maximum atomic E-state index is 10.6. The molecule has 0 fully saturated rings. The third-order valence-electron chi connectivity index (χ3n) is 3.00. The summed E-state index contributed by atoms with van der Waals surface area (Å²) in [6, 6.07) is 14.2. The first-order valence-electron chi connectivity index (χ1n) is 7.09. The smallest absolute Gasteiger partial charge is 0.271 e. The van der Waals surface area contributed by atoms with Gasteiger partial charge in [0.25, 0.3) is 5.69 Å². The van der Waals surface area contributed by atoms with Crippen LogP contribution >= 0.6 is 24.0 Å². The molecule has 24 heavy (non-hydrogen) atoms. The summed E-state index contributed by atoms with van der Waals surface area (Å²) in [5.74, 6) is 6.10. The molecule has 0 atom stereocenters. The molecular formula is C17H17Cl2N3O2. The van der Waals surface area contributed by atoms with Gasteiger partial charge < -0.3 is 10.6 Å². The van der Waals surface area contributed by atoms with Crippen LogP contribution < -0.4 is 10.6 Å². The van der Waals surface area contributed by atoms with Crippen molar-refractivity contribution < 1.29 is 4.92 Å². The number of benzene rings is 2. The molecule has 0 saturated heterocycles. The van der Waals surface area contributed by atoms with Gasteiger partial charge in [-0.05, 0) is 18.2 Å². The molecule has 0 bridgehead atoms. The quantitative estimate of drug-likeness (QED) is 0.354. The Morgan fingerprint density at radius 2 is 1.88 bits per heavy atom. The van der Waals surface area contributed by atoms with Crippen LogP contribution in [-0.4, -0.2) is 24.6 Å². The van der Waals surface area contributed by atoms with Crippen LogP contribution in [0.4, 0.5) is 11.4 Å². The second-order valence-electron chi connectivity index (χ2n) is 4.69. The van der Waals surface area contributed by atoms with E-state index in [0.29, 0.717) is 30.3 Å². The highest BCUT2D eigenvalue weighted by Gasteiger charge is 2.08. The van der Waals surface area contributed by atoms with E-state index >= 15 is 0 Å². The zero-order valence-corrected chi connectivity index (χ0v) is 14.4. The molecule has 0 aliphatic rings. The molecule has 0 heterocycles. The first kappa shape index (κ1) is 19.8. The molecule has 0 unspecified atom stereocenters. The molecule has 2 rings (SSSR count). The van der Waals surface area contributed by atoms with E-state index in [4.69, 9.17) is 11.6 Å². The van der Waals surface area contributed by atoms with Crippen LogP contribution in [0.3, 0.4) is 0 Å². The molecule has 2 aromatic carbocycles. The van der Waals surface area contributed by atoms with Crippen molar-refractivity contribution in [1.82, 2.24) is 5.32 Å². The average molecular weight is 366 g/mol. The molecule has 2 N–H and O–H groups in total. The molecule has 0 spiro atoms. The zero-order valence-electron chi connectivity index (χ0n) is 12.8. The first-order chi connectivity index (χ1) is 11.2. The van der Waals surface area contributed by atoms with Gasteiger partial charge in [-0.2, -0.15) is 0 Å². The minimum Gasteiger partial charge on any atom is -0.383 e. The summed E-state index contributed by atoms with van der Waals surface area (Å²) in [4.78, 5) is 10.2. The van der Waals surface area contributed by atoms with Crippen LogP contribution in [0.5, 0.6) is 0 Å². The lowest BCUT2D eigenvalue weighted by Crippen LogP contribution is -2.22. The van der Waals surface area contributed by atoms with Crippen molar-refractivity contribution in [3.63, 3.8) is 0 Å². The summed E-state index contributed by atoms with van der Waals surface area (Å²) >= 11 is 5.99. The molecule has 0 aliphatic carbocycles. The summed E-state index contributed by atoms with van der Waals surface area (Å²) in [6.07, 6.45) is 0. The Morgan fingerprint density at radius 1 is 1.12 bits per heavy atom. The number of anilines is 1. The Bertz CT molecular complexity index is 728. The molecule has 0 amide bonds. The van der Waals surface area contributed by atoms with Crippen LogP contribution in [0.25, 0.3) is 0 Å². The number of nitrogens with zero attached hydrogens (tertiary/aromatic N) is 1. The summed E-state index contributed by atoms with van der Waals surface area (Å²) in [5.41, 5.74) is 1.65. The summed E-state index contributed by atoms with van der Waals surface area (Å²) < 4.78 is 0. The average Bonchev–Trinajstić information content (AvgIpc) is 2.56. The first-order valence-corrected chi connectivity index (χ1v) is 7.47. The molecule has 7 heteroatoms. The van der Waals surface area contributed by atoms with Gasteiger partial charge in [-0.25, -0.2) is 0 Å². The van der Waals surface area contributed by atoms with E-state index in [1.165, 1.54) is 12.1 Å². The van der Waals surface area contributed by atoms with Crippen molar-refractivity contribution in [3.8, 4) is 11.8 Å². The zero-order chi connectivity index (χ0) is 16.5. The van der Waals surface area contributed by atoms with Crippen molar-refractivity contribution in [1.29, 1.82) is 0 Å². The lowest BCUT2D eigenvalue weighted by molar-refractivity contribution is -0.384. The highest BCUT2D eigenvalue weighted by Crippen LogP contribution is 2.26. The van der Waals surface area contributed by atoms with Crippen LogP contribution in [0, 0.1) is 22.0 Å². The van der Waals surface area contributed by atoms with Crippen LogP contribution in [0.2, 0.25) is 5.02 Å². The van der Waals surface area contributed by atoms with Gasteiger partial charge in [0.05, 0.1) is 22.2 Å². The number of hydrogen-bond acceptors (Lipinski definition) is 4. The van der Waals surface area contributed by atoms with Crippen molar-refractivity contribution in [2.24, 2.45) is 0 Å². The molecule has 0 saturated carbocycles. The topological polar surface area (TPSA) is 67.2 Å². The molecule has 5 nitrogen and oxygen atoms in total. The Labute approximate surface area is 152 Å². The summed E-state index contributed by atoms with van der Waals surface area (Å²) in [6.45, 7) is 1.94. The van der Waals surface area contributed by atoms with Gasteiger partial charge in [0.2, 0.25) is 0 Å². The summed E-state index contributed by atoms with van der Waals surface area (Å²) in [5, 5.41) is 17.3. The van der Waals surface area contributed by atoms with Gasteiger partial charge >= 0.3 is 0 Å². The summed E-state index contributed by atoms with van der Waals surface area (Å²) in [7, 11) is 0. The van der Waals surface area contributed by atoms with Gasteiger partial charge in [-0.3, -0.25) is 10.1 Å². The Hall–Kier alpha value is -2.26. The fourth-order valence-electron chi connectivity index (χ4n) is 1.87. The minimum atomic E-state index is -0.470. The predicted molar refractivity (Wildman–Crippen MR) is 100 cm³/mol. The third-order valence-corrected chi connectivity index (χ3v) is 3.31. The van der Waals surface area contributed by atoms with Crippen LogP contribution in [0.15, 0.2) is 48.5 Å².